The molecule has 0 bridgehead atoms. The van der Waals surface area contributed by atoms with Gasteiger partial charge in [0.2, 0.25) is 5.91 Å². The van der Waals surface area contributed by atoms with Gasteiger partial charge in [0, 0.05) is 29.6 Å². The van der Waals surface area contributed by atoms with Crippen LogP contribution in [-0.4, -0.2) is 25.8 Å². The largest absolute Gasteiger partial charge is 0.385 e. The summed E-state index contributed by atoms with van der Waals surface area (Å²) < 4.78 is 2.05. The molecule has 0 radical (unpaired) electrons. The van der Waals surface area contributed by atoms with Crippen LogP contribution < -0.4 is 5.32 Å². The molecule has 1 aromatic carbocycles. The van der Waals surface area contributed by atoms with Gasteiger partial charge in [0.1, 0.15) is 11.9 Å². The average molecular weight is 391 g/mol. The number of carbonyl (C=O) groups is 1. The molecular formula is C20H27ClN4O2. The Morgan fingerprint density at radius 1 is 1.37 bits per heavy atom. The molecule has 3 rings (SSSR count). The predicted molar refractivity (Wildman–Crippen MR) is 106 cm³/mol. The Hall–Kier alpha value is -1.92. The Bertz CT molecular complexity index is 814. The third-order valence-electron chi connectivity index (χ3n) is 4.81. The van der Waals surface area contributed by atoms with Gasteiger partial charge in [-0.2, -0.15) is 0 Å². The van der Waals surface area contributed by atoms with Crippen molar-refractivity contribution in [2.75, 3.05) is 5.32 Å². The van der Waals surface area contributed by atoms with E-state index >= 15 is 0 Å². The third-order valence-corrected chi connectivity index (χ3v) is 5.22. The highest BCUT2D eigenvalue weighted by molar-refractivity contribution is 6.31. The number of anilines is 1. The van der Waals surface area contributed by atoms with Crippen LogP contribution in [0.4, 0.5) is 5.69 Å². The number of rotatable bonds is 8. The lowest BCUT2D eigenvalue weighted by Gasteiger charge is -2.15. The van der Waals surface area contributed by atoms with E-state index < -0.39 is 6.10 Å². The minimum absolute atomic E-state index is 0.0880. The summed E-state index contributed by atoms with van der Waals surface area (Å²) in [5, 5.41) is 22.5. The van der Waals surface area contributed by atoms with Gasteiger partial charge in [0.05, 0.1) is 0 Å². The molecule has 2 N–H and O–H groups in total. The summed E-state index contributed by atoms with van der Waals surface area (Å²) >= 11 is 6.10. The lowest BCUT2D eigenvalue weighted by molar-refractivity contribution is -0.116. The van der Waals surface area contributed by atoms with E-state index in [1.165, 1.54) is 0 Å². The van der Waals surface area contributed by atoms with E-state index in [1.54, 1.807) is 6.07 Å². The minimum atomic E-state index is -0.616. The number of nitrogens with zero attached hydrogens (tertiary/aromatic N) is 3. The summed E-state index contributed by atoms with van der Waals surface area (Å²) in [6, 6.07) is 5.81. The second-order valence-electron chi connectivity index (χ2n) is 7.68. The summed E-state index contributed by atoms with van der Waals surface area (Å²) in [7, 11) is 0. The van der Waals surface area contributed by atoms with Crippen molar-refractivity contribution < 1.29 is 9.90 Å². The van der Waals surface area contributed by atoms with Crippen molar-refractivity contribution in [3.63, 3.8) is 0 Å². The lowest BCUT2D eigenvalue weighted by Crippen LogP contribution is -2.16. The van der Waals surface area contributed by atoms with Crippen molar-refractivity contribution in [2.24, 2.45) is 5.92 Å². The molecular weight excluding hydrogens is 364 g/mol. The zero-order valence-corrected chi connectivity index (χ0v) is 16.8. The van der Waals surface area contributed by atoms with Crippen molar-refractivity contribution in [3.8, 4) is 0 Å². The van der Waals surface area contributed by atoms with Gasteiger partial charge in [-0.15, -0.1) is 10.2 Å². The highest BCUT2D eigenvalue weighted by Crippen LogP contribution is 2.38. The maximum Gasteiger partial charge on any atom is 0.224 e. The number of aromatic nitrogens is 3. The summed E-state index contributed by atoms with van der Waals surface area (Å²) in [5.41, 5.74) is 1.58. The van der Waals surface area contributed by atoms with Gasteiger partial charge in [0.25, 0.3) is 0 Å². The number of hydrogen-bond donors (Lipinski definition) is 2. The Morgan fingerprint density at radius 2 is 2.11 bits per heavy atom. The van der Waals surface area contributed by atoms with E-state index in [2.05, 4.69) is 29.4 Å². The van der Waals surface area contributed by atoms with E-state index in [4.69, 9.17) is 11.6 Å². The van der Waals surface area contributed by atoms with Gasteiger partial charge in [-0.1, -0.05) is 31.5 Å². The second kappa shape index (κ2) is 8.40. The van der Waals surface area contributed by atoms with Crippen molar-refractivity contribution in [3.05, 3.63) is 40.4 Å². The Kier molecular flexibility index (Phi) is 6.17. The summed E-state index contributed by atoms with van der Waals surface area (Å²) in [4.78, 5) is 12.4. The second-order valence-corrected chi connectivity index (χ2v) is 8.09. The van der Waals surface area contributed by atoms with E-state index in [9.17, 15) is 9.90 Å². The van der Waals surface area contributed by atoms with Crippen LogP contribution >= 0.6 is 11.6 Å². The van der Waals surface area contributed by atoms with Crippen LogP contribution in [0.3, 0.4) is 0 Å². The van der Waals surface area contributed by atoms with Crippen LogP contribution in [-0.2, 0) is 11.2 Å². The lowest BCUT2D eigenvalue weighted by atomic mass is 10.1. The molecule has 1 heterocycles. The van der Waals surface area contributed by atoms with Crippen LogP contribution in [0, 0.1) is 12.8 Å². The quantitative estimate of drug-likeness (QED) is 0.706. The van der Waals surface area contributed by atoms with E-state index in [-0.39, 0.29) is 5.91 Å². The Balaban J connectivity index is 1.66. The molecule has 1 saturated carbocycles. The molecule has 0 aliphatic heterocycles. The first-order valence-electron chi connectivity index (χ1n) is 9.53. The van der Waals surface area contributed by atoms with Gasteiger partial charge in [0.15, 0.2) is 5.82 Å². The van der Waals surface area contributed by atoms with Gasteiger partial charge in [-0.05, 0) is 49.8 Å². The van der Waals surface area contributed by atoms with Crippen molar-refractivity contribution >= 4 is 23.2 Å². The number of nitrogens with one attached hydrogen (secondary N) is 1. The molecule has 1 aromatic heterocycles. The van der Waals surface area contributed by atoms with E-state index in [0.29, 0.717) is 42.1 Å². The van der Waals surface area contributed by atoms with Crippen molar-refractivity contribution in [1.82, 2.24) is 14.8 Å². The van der Waals surface area contributed by atoms with Crippen LogP contribution in [0.1, 0.15) is 68.9 Å². The molecule has 1 amide bonds. The van der Waals surface area contributed by atoms with E-state index in [1.807, 2.05) is 23.6 Å². The fourth-order valence-electron chi connectivity index (χ4n) is 3.20. The molecule has 1 unspecified atom stereocenters. The fraction of sp³-hybridized carbons (Fsp3) is 0.550. The first kappa shape index (κ1) is 19.8. The molecule has 1 aliphatic rings. The summed E-state index contributed by atoms with van der Waals surface area (Å²) in [5.74, 6) is 1.69. The molecule has 146 valence electrons. The van der Waals surface area contributed by atoms with Crippen molar-refractivity contribution in [2.45, 2.75) is 65.0 Å². The zero-order chi connectivity index (χ0) is 19.6. The molecule has 1 aliphatic carbocycles. The molecule has 1 fully saturated rings. The highest BCUT2D eigenvalue weighted by Gasteiger charge is 2.31. The first-order valence-corrected chi connectivity index (χ1v) is 9.91. The number of halogens is 1. The zero-order valence-electron chi connectivity index (χ0n) is 16.1. The molecule has 1 atom stereocenters. The number of benzene rings is 1. The third kappa shape index (κ3) is 4.87. The topological polar surface area (TPSA) is 80.0 Å². The Morgan fingerprint density at radius 3 is 2.78 bits per heavy atom. The molecule has 0 saturated heterocycles. The summed E-state index contributed by atoms with van der Waals surface area (Å²) in [6.07, 6.45) is 2.97. The standard InChI is InChI=1S/C20H27ClN4O2/c1-12(2)11-17(26)20-24-23-18(25(20)14-7-8-14)9-10-19(27)22-16-6-4-5-15(21)13(16)3/h4-6,12,14,17,26H,7-11H2,1-3H3,(H,22,27). The molecule has 2 aromatic rings. The fourth-order valence-corrected chi connectivity index (χ4v) is 3.37. The smallest absolute Gasteiger partial charge is 0.224 e. The van der Waals surface area contributed by atoms with E-state index in [0.717, 1.165) is 29.9 Å². The SMILES string of the molecule is Cc1c(Cl)cccc1NC(=O)CCc1nnc(C(O)CC(C)C)n1C1CC1. The van der Waals surface area contributed by atoms with Crippen LogP contribution in [0.5, 0.6) is 0 Å². The number of aliphatic hydroxyl groups is 1. The highest BCUT2D eigenvalue weighted by atomic mass is 35.5. The van der Waals surface area contributed by atoms with Gasteiger partial charge in [-0.25, -0.2) is 0 Å². The number of amides is 1. The number of aryl methyl sites for hydroxylation is 1. The van der Waals surface area contributed by atoms with Gasteiger partial charge < -0.3 is 15.0 Å². The molecule has 7 heteroatoms. The monoisotopic (exact) mass is 390 g/mol. The van der Waals surface area contributed by atoms with Gasteiger partial charge in [-0.3, -0.25) is 4.79 Å². The Labute approximate surface area is 164 Å². The predicted octanol–water partition coefficient (Wildman–Crippen LogP) is 4.23. The molecule has 27 heavy (non-hydrogen) atoms. The molecule has 6 nitrogen and oxygen atoms in total. The first-order chi connectivity index (χ1) is 12.9. The number of aliphatic hydroxyl groups excluding tert-OH is 1. The van der Waals surface area contributed by atoms with Gasteiger partial charge >= 0.3 is 0 Å². The van der Waals surface area contributed by atoms with Crippen molar-refractivity contribution in [1.29, 1.82) is 0 Å². The van der Waals surface area contributed by atoms with Crippen LogP contribution in [0.15, 0.2) is 18.2 Å². The summed E-state index contributed by atoms with van der Waals surface area (Å²) in [6.45, 7) is 6.03. The minimum Gasteiger partial charge on any atom is -0.385 e. The van der Waals surface area contributed by atoms with Crippen LogP contribution in [0.2, 0.25) is 5.02 Å². The normalized spacial score (nSPS) is 15.2. The maximum absolute atomic E-state index is 12.4. The van der Waals surface area contributed by atoms with Crippen LogP contribution in [0.25, 0.3) is 0 Å². The number of hydrogen-bond acceptors (Lipinski definition) is 4. The average Bonchev–Trinajstić information content (AvgIpc) is 3.35. The number of carbonyl (C=O) groups excluding carboxylic acids is 1. The molecule has 0 spiro atoms. The maximum atomic E-state index is 12.4.